The second-order valence-electron chi connectivity index (χ2n) is 3.06. The summed E-state index contributed by atoms with van der Waals surface area (Å²) in [5.41, 5.74) is 8.61. The predicted molar refractivity (Wildman–Crippen MR) is 55.3 cm³/mol. The van der Waals surface area contributed by atoms with Gasteiger partial charge in [-0.3, -0.25) is 0 Å². The summed E-state index contributed by atoms with van der Waals surface area (Å²) < 4.78 is 1.94. The van der Waals surface area contributed by atoms with E-state index in [1.165, 1.54) is 4.88 Å². The number of nitrogens with two attached hydrogens (primary N) is 1. The van der Waals surface area contributed by atoms with E-state index in [1.807, 2.05) is 30.1 Å². The van der Waals surface area contributed by atoms with Gasteiger partial charge in [-0.15, -0.1) is 0 Å². The van der Waals surface area contributed by atoms with Crippen LogP contribution in [0, 0.1) is 13.8 Å². The number of hydrogen-bond acceptors (Lipinski definition) is 4. The van der Waals surface area contributed by atoms with Gasteiger partial charge in [-0.25, -0.2) is 9.97 Å². The van der Waals surface area contributed by atoms with E-state index in [1.54, 1.807) is 17.5 Å². The van der Waals surface area contributed by atoms with E-state index in [4.69, 9.17) is 5.73 Å². The number of nitrogen functional groups attached to an aromatic ring is 1. The quantitative estimate of drug-likeness (QED) is 0.710. The van der Waals surface area contributed by atoms with Crippen LogP contribution in [0.1, 0.15) is 10.7 Å². The minimum atomic E-state index is 0.514. The number of rotatable bonds is 1. The van der Waals surface area contributed by atoms with Gasteiger partial charge in [0.15, 0.2) is 6.20 Å². The maximum absolute atomic E-state index is 5.80. The largest absolute Gasteiger partial charge is 0.378 e. The fourth-order valence-corrected chi connectivity index (χ4v) is 1.83. The number of hydrogen-bond donors (Lipinski definition) is 1. The van der Waals surface area contributed by atoms with Crippen molar-refractivity contribution in [2.75, 3.05) is 5.73 Å². The maximum Gasteiger partial charge on any atom is 0.272 e. The topological polar surface area (TPSA) is 55.7 Å². The maximum atomic E-state index is 5.80. The summed E-state index contributed by atoms with van der Waals surface area (Å²) >= 11 is 1.66. The Balaban J connectivity index is 2.52. The highest BCUT2D eigenvalue weighted by Crippen LogP contribution is 2.09. The predicted octanol–water partition coefficient (Wildman–Crippen LogP) is 1.01. The molecule has 0 aliphatic heterocycles. The van der Waals surface area contributed by atoms with Crippen molar-refractivity contribution in [1.29, 1.82) is 0 Å². The number of aromatic nitrogens is 3. The van der Waals surface area contributed by atoms with E-state index in [2.05, 4.69) is 9.97 Å². The standard InChI is InChI=1S/C9H11N4S/c1-6-4-13(5-14-6)8-3-11-7(2)12-9(8)10/h3-5H,1-2H3,(H2,10,11,12)/q+1. The molecule has 2 aromatic heterocycles. The fraction of sp³-hybridized carbons (Fsp3) is 0.222. The van der Waals surface area contributed by atoms with E-state index in [0.717, 1.165) is 5.69 Å². The van der Waals surface area contributed by atoms with E-state index >= 15 is 0 Å². The van der Waals surface area contributed by atoms with Gasteiger partial charge in [-0.2, -0.15) is 4.57 Å². The molecule has 0 fully saturated rings. The van der Waals surface area contributed by atoms with Gasteiger partial charge in [0, 0.05) is 0 Å². The van der Waals surface area contributed by atoms with Crippen LogP contribution < -0.4 is 10.3 Å². The summed E-state index contributed by atoms with van der Waals surface area (Å²) in [5, 5.41) is 0. The first-order chi connectivity index (χ1) is 6.66. The molecule has 72 valence electrons. The van der Waals surface area contributed by atoms with Gasteiger partial charge in [0.1, 0.15) is 12.0 Å². The molecule has 2 heterocycles. The monoisotopic (exact) mass is 207 g/mol. The van der Waals surface area contributed by atoms with Gasteiger partial charge in [-0.1, -0.05) is 11.3 Å². The molecule has 4 nitrogen and oxygen atoms in total. The van der Waals surface area contributed by atoms with Crippen molar-refractivity contribution in [1.82, 2.24) is 9.97 Å². The van der Waals surface area contributed by atoms with Crippen LogP contribution in [-0.4, -0.2) is 9.97 Å². The van der Waals surface area contributed by atoms with E-state index < -0.39 is 0 Å². The molecule has 0 aliphatic rings. The van der Waals surface area contributed by atoms with Crippen LogP contribution in [0.2, 0.25) is 0 Å². The van der Waals surface area contributed by atoms with E-state index in [-0.39, 0.29) is 0 Å². The Hall–Kier alpha value is -1.49. The average molecular weight is 207 g/mol. The molecule has 0 unspecified atom stereocenters. The molecule has 0 bridgehead atoms. The molecule has 0 saturated carbocycles. The highest BCUT2D eigenvalue weighted by atomic mass is 32.1. The van der Waals surface area contributed by atoms with E-state index in [9.17, 15) is 0 Å². The Labute approximate surface area is 86.1 Å². The van der Waals surface area contributed by atoms with Crippen LogP contribution in [0.4, 0.5) is 5.82 Å². The van der Waals surface area contributed by atoms with Gasteiger partial charge in [0.2, 0.25) is 11.3 Å². The van der Waals surface area contributed by atoms with Crippen LogP contribution in [0.3, 0.4) is 0 Å². The summed E-state index contributed by atoms with van der Waals surface area (Å²) in [6.45, 7) is 3.87. The third kappa shape index (κ3) is 1.58. The third-order valence-corrected chi connectivity index (χ3v) is 2.68. The van der Waals surface area contributed by atoms with Gasteiger partial charge in [-0.05, 0) is 13.8 Å². The van der Waals surface area contributed by atoms with Crippen LogP contribution in [0.25, 0.3) is 5.69 Å². The zero-order chi connectivity index (χ0) is 10.1. The van der Waals surface area contributed by atoms with Crippen molar-refractivity contribution in [2.45, 2.75) is 13.8 Å². The Morgan fingerprint density at radius 1 is 1.43 bits per heavy atom. The van der Waals surface area contributed by atoms with Crippen LogP contribution in [0.5, 0.6) is 0 Å². The highest BCUT2D eigenvalue weighted by Gasteiger charge is 2.13. The van der Waals surface area contributed by atoms with E-state index in [0.29, 0.717) is 11.6 Å². The van der Waals surface area contributed by atoms with Crippen molar-refractivity contribution in [3.63, 3.8) is 0 Å². The number of thiazole rings is 1. The number of aryl methyl sites for hydroxylation is 2. The lowest BCUT2D eigenvalue weighted by molar-refractivity contribution is -0.589. The lowest BCUT2D eigenvalue weighted by atomic mass is 10.4. The van der Waals surface area contributed by atoms with Crippen molar-refractivity contribution < 1.29 is 4.57 Å². The van der Waals surface area contributed by atoms with Crippen molar-refractivity contribution in [3.05, 3.63) is 28.6 Å². The SMILES string of the molecule is Cc1ncc(-[n+]2csc(C)c2)c(N)n1. The molecule has 2 rings (SSSR count). The third-order valence-electron chi connectivity index (χ3n) is 1.87. The first-order valence-corrected chi connectivity index (χ1v) is 5.10. The summed E-state index contributed by atoms with van der Waals surface area (Å²) in [5.74, 6) is 1.21. The molecule has 14 heavy (non-hydrogen) atoms. The zero-order valence-corrected chi connectivity index (χ0v) is 8.88. The van der Waals surface area contributed by atoms with Crippen LogP contribution >= 0.6 is 11.3 Å². The Morgan fingerprint density at radius 3 is 2.79 bits per heavy atom. The lowest BCUT2D eigenvalue weighted by Gasteiger charge is -1.96. The first-order valence-electron chi connectivity index (χ1n) is 4.22. The Morgan fingerprint density at radius 2 is 2.21 bits per heavy atom. The van der Waals surface area contributed by atoms with Gasteiger partial charge in [0.25, 0.3) is 5.69 Å². The summed E-state index contributed by atoms with van der Waals surface area (Å²) in [7, 11) is 0. The molecule has 0 aromatic carbocycles. The second kappa shape index (κ2) is 3.34. The zero-order valence-electron chi connectivity index (χ0n) is 8.06. The molecule has 0 radical (unpaired) electrons. The Kier molecular flexibility index (Phi) is 2.17. The molecule has 0 aliphatic carbocycles. The smallest absolute Gasteiger partial charge is 0.272 e. The lowest BCUT2D eigenvalue weighted by Crippen LogP contribution is -2.29. The first kappa shape index (κ1) is 9.08. The molecule has 5 heteroatoms. The van der Waals surface area contributed by atoms with Crippen LogP contribution in [-0.2, 0) is 0 Å². The number of nitrogens with zero attached hydrogens (tertiary/aromatic N) is 3. The van der Waals surface area contributed by atoms with Gasteiger partial charge in [0.05, 0.1) is 4.88 Å². The summed E-state index contributed by atoms with van der Waals surface area (Å²) in [6, 6.07) is 0. The minimum absolute atomic E-state index is 0.514. The summed E-state index contributed by atoms with van der Waals surface area (Å²) in [4.78, 5) is 9.45. The molecule has 0 saturated heterocycles. The average Bonchev–Trinajstić information content (AvgIpc) is 2.51. The molecule has 0 atom stereocenters. The molecular weight excluding hydrogens is 196 g/mol. The van der Waals surface area contributed by atoms with Crippen molar-refractivity contribution >= 4 is 17.2 Å². The summed E-state index contributed by atoms with van der Waals surface area (Å²) in [6.07, 6.45) is 3.75. The highest BCUT2D eigenvalue weighted by molar-refractivity contribution is 7.09. The molecule has 2 N–H and O–H groups in total. The Bertz CT molecular complexity index is 464. The number of anilines is 1. The molecule has 0 spiro atoms. The van der Waals surface area contributed by atoms with Crippen molar-refractivity contribution in [2.24, 2.45) is 0 Å². The van der Waals surface area contributed by atoms with Gasteiger partial charge < -0.3 is 5.73 Å². The normalized spacial score (nSPS) is 10.4. The van der Waals surface area contributed by atoms with Crippen LogP contribution in [0.15, 0.2) is 17.9 Å². The van der Waals surface area contributed by atoms with Gasteiger partial charge >= 0.3 is 0 Å². The second-order valence-corrected chi connectivity index (χ2v) is 4.15. The molecular formula is C9H11N4S+. The van der Waals surface area contributed by atoms with Crippen molar-refractivity contribution in [3.8, 4) is 5.69 Å². The fourth-order valence-electron chi connectivity index (χ4n) is 1.20. The molecule has 2 aromatic rings. The minimum Gasteiger partial charge on any atom is -0.378 e. The molecule has 0 amide bonds.